The molecule has 0 aromatic heterocycles. The Morgan fingerprint density at radius 1 is 0.639 bits per heavy atom. The minimum absolute atomic E-state index is 0.552. The molecule has 0 heterocycles. The highest BCUT2D eigenvalue weighted by Gasteiger charge is 2.62. The Morgan fingerprint density at radius 3 is 1.75 bits per heavy atom. The Kier molecular flexibility index (Phi) is 9.04. The van der Waals surface area contributed by atoms with E-state index in [2.05, 4.69) is 31.8 Å². The van der Waals surface area contributed by atoms with Gasteiger partial charge in [0.15, 0.2) is 16.6 Å². The molecule has 3 fully saturated rings. The van der Waals surface area contributed by atoms with Crippen molar-refractivity contribution in [1.29, 1.82) is 0 Å². The van der Waals surface area contributed by atoms with Crippen molar-refractivity contribution in [3.05, 3.63) is 12.2 Å². The zero-order valence-electron chi connectivity index (χ0n) is 24.3. The molecule has 0 aliphatic heterocycles. The van der Waals surface area contributed by atoms with E-state index in [1.807, 2.05) is 42.7 Å². The molecule has 0 saturated heterocycles. The Labute approximate surface area is 224 Å². The third-order valence-corrected chi connectivity index (χ3v) is 30.9. The van der Waals surface area contributed by atoms with Gasteiger partial charge in [-0.1, -0.05) is 12.2 Å². The summed E-state index contributed by atoms with van der Waals surface area (Å²) in [5, 5.41) is 0. The summed E-state index contributed by atoms with van der Waals surface area (Å²) in [5.74, 6) is 3.52. The molecule has 4 aliphatic carbocycles. The van der Waals surface area contributed by atoms with Crippen LogP contribution >= 0.6 is 0 Å². The SMILES string of the molecule is CO[Si](C)(C)C[Si](OC)(OC)C1CC2CC(C[Si](C)(C[Si](OC)(OC)C3CC4C=CC3C4)OC)C1C2. The van der Waals surface area contributed by atoms with Crippen LogP contribution in [0.25, 0.3) is 0 Å². The molecule has 4 rings (SSSR count). The van der Waals surface area contributed by atoms with Crippen molar-refractivity contribution in [2.75, 3.05) is 42.7 Å². The van der Waals surface area contributed by atoms with Crippen LogP contribution in [0.4, 0.5) is 0 Å². The highest BCUT2D eigenvalue weighted by atomic mass is 28.4. The molecule has 208 valence electrons. The van der Waals surface area contributed by atoms with Crippen molar-refractivity contribution >= 4 is 33.8 Å². The molecule has 36 heavy (non-hydrogen) atoms. The predicted octanol–water partition coefficient (Wildman–Crippen LogP) is 5.99. The van der Waals surface area contributed by atoms with Crippen molar-refractivity contribution in [3.8, 4) is 0 Å². The van der Waals surface area contributed by atoms with E-state index in [0.29, 0.717) is 28.8 Å². The second kappa shape index (κ2) is 11.1. The van der Waals surface area contributed by atoms with Crippen LogP contribution < -0.4 is 0 Å². The lowest BCUT2D eigenvalue weighted by Gasteiger charge is -2.45. The van der Waals surface area contributed by atoms with Crippen LogP contribution in [0, 0.1) is 29.6 Å². The van der Waals surface area contributed by atoms with Gasteiger partial charge in [0, 0.05) is 65.1 Å². The highest BCUT2D eigenvalue weighted by molar-refractivity contribution is 6.89. The lowest BCUT2D eigenvalue weighted by Crippen LogP contribution is -2.56. The third-order valence-electron chi connectivity index (χ3n) is 10.8. The summed E-state index contributed by atoms with van der Waals surface area (Å²) < 4.78 is 38.1. The normalized spacial score (nSPS) is 35.6. The van der Waals surface area contributed by atoms with Gasteiger partial charge < -0.3 is 26.6 Å². The van der Waals surface area contributed by atoms with E-state index in [9.17, 15) is 0 Å². The molecule has 0 aromatic rings. The van der Waals surface area contributed by atoms with E-state index in [1.165, 1.54) is 38.1 Å². The Morgan fingerprint density at radius 2 is 1.28 bits per heavy atom. The third kappa shape index (κ3) is 5.38. The molecule has 8 unspecified atom stereocenters. The van der Waals surface area contributed by atoms with Gasteiger partial charge in [0.05, 0.1) is 0 Å². The molecule has 3 saturated carbocycles. The molecule has 6 nitrogen and oxygen atoms in total. The zero-order chi connectivity index (χ0) is 26.4. The number of hydrogen-bond donors (Lipinski definition) is 0. The molecule has 10 heteroatoms. The predicted molar refractivity (Wildman–Crippen MR) is 154 cm³/mol. The van der Waals surface area contributed by atoms with E-state index in [0.717, 1.165) is 23.2 Å². The summed E-state index contributed by atoms with van der Waals surface area (Å²) in [7, 11) is 2.78. The maximum atomic E-state index is 6.51. The van der Waals surface area contributed by atoms with Gasteiger partial charge in [-0.25, -0.2) is 0 Å². The van der Waals surface area contributed by atoms with E-state index < -0.39 is 33.8 Å². The number of allylic oxidation sites excluding steroid dienone is 2. The fourth-order valence-electron chi connectivity index (χ4n) is 8.81. The van der Waals surface area contributed by atoms with Gasteiger partial charge in [-0.2, -0.15) is 0 Å². The van der Waals surface area contributed by atoms with Crippen molar-refractivity contribution in [1.82, 2.24) is 0 Å². The highest BCUT2D eigenvalue weighted by Crippen LogP contribution is 2.62. The van der Waals surface area contributed by atoms with Gasteiger partial charge in [0.25, 0.3) is 0 Å². The summed E-state index contributed by atoms with van der Waals surface area (Å²) in [4.78, 5) is 0. The lowest BCUT2D eigenvalue weighted by molar-refractivity contribution is 0.199. The second-order valence-electron chi connectivity index (χ2n) is 13.1. The van der Waals surface area contributed by atoms with Crippen LogP contribution in [-0.2, 0) is 26.6 Å². The summed E-state index contributed by atoms with van der Waals surface area (Å²) in [6.45, 7) is 7.06. The first kappa shape index (κ1) is 29.4. The number of fused-ring (bicyclic) bond motifs is 4. The topological polar surface area (TPSA) is 55.4 Å². The van der Waals surface area contributed by atoms with Crippen molar-refractivity contribution in [2.24, 2.45) is 29.6 Å². The van der Waals surface area contributed by atoms with Crippen LogP contribution in [0.1, 0.15) is 32.1 Å². The first-order valence-electron chi connectivity index (χ1n) is 14.0. The van der Waals surface area contributed by atoms with Crippen LogP contribution in [0.15, 0.2) is 12.2 Å². The average Bonchev–Trinajstić information content (AvgIpc) is 3.68. The maximum Gasteiger partial charge on any atom is 0.340 e. The lowest BCUT2D eigenvalue weighted by atomic mass is 9.90. The van der Waals surface area contributed by atoms with Gasteiger partial charge in [-0.3, -0.25) is 0 Å². The molecule has 4 bridgehead atoms. The first-order chi connectivity index (χ1) is 17.0. The minimum atomic E-state index is -2.38. The van der Waals surface area contributed by atoms with Gasteiger partial charge in [0.2, 0.25) is 0 Å². The van der Waals surface area contributed by atoms with Gasteiger partial charge in [-0.05, 0) is 87.4 Å². The summed E-state index contributed by atoms with van der Waals surface area (Å²) in [6, 6.07) is 1.20. The van der Waals surface area contributed by atoms with Crippen LogP contribution in [0.2, 0.25) is 48.1 Å². The molecule has 8 atom stereocenters. The van der Waals surface area contributed by atoms with Crippen molar-refractivity contribution < 1.29 is 26.6 Å². The second-order valence-corrected chi connectivity index (χ2v) is 29.9. The van der Waals surface area contributed by atoms with Gasteiger partial charge >= 0.3 is 17.1 Å². The summed E-state index contributed by atoms with van der Waals surface area (Å²) in [6.07, 6.45) is 11.3. The molecular formula is C26H52O6Si4. The quantitative estimate of drug-likeness (QED) is 0.188. The Hall–Kier alpha value is 0.368. The molecule has 0 N–H and O–H groups in total. The molecular weight excluding hydrogens is 521 g/mol. The van der Waals surface area contributed by atoms with Gasteiger partial charge in [-0.15, -0.1) is 0 Å². The Bertz CT molecular complexity index is 788. The van der Waals surface area contributed by atoms with Crippen LogP contribution in [0.5, 0.6) is 0 Å². The van der Waals surface area contributed by atoms with Crippen LogP contribution in [0.3, 0.4) is 0 Å². The molecule has 0 amide bonds. The van der Waals surface area contributed by atoms with E-state index >= 15 is 0 Å². The average molecular weight is 573 g/mol. The molecule has 0 aromatic carbocycles. The smallest absolute Gasteiger partial charge is 0.340 e. The molecule has 0 spiro atoms. The van der Waals surface area contributed by atoms with Crippen molar-refractivity contribution in [2.45, 2.75) is 80.2 Å². The monoisotopic (exact) mass is 572 g/mol. The zero-order valence-corrected chi connectivity index (χ0v) is 28.3. The number of rotatable bonds is 14. The largest absolute Gasteiger partial charge is 0.421 e. The van der Waals surface area contributed by atoms with E-state index in [4.69, 9.17) is 26.6 Å². The van der Waals surface area contributed by atoms with Gasteiger partial charge in [0.1, 0.15) is 0 Å². The molecule has 0 radical (unpaired) electrons. The summed E-state index contributed by atoms with van der Waals surface area (Å²) in [5.41, 5.74) is 3.14. The van der Waals surface area contributed by atoms with E-state index in [1.54, 1.807) is 0 Å². The van der Waals surface area contributed by atoms with Crippen molar-refractivity contribution in [3.63, 3.8) is 0 Å². The standard InChI is InChI=1S/C26H52O6Si4/c1-27-33(7,8)18-35(29-3,30-4)26-16-21-13-23(24(26)14-21)17-34(9,28-2)19-36(31-5,32-6)25-15-20-10-11-22(25)12-20/h10-11,20-26H,12-19H2,1-9H3. The molecule has 4 aliphatic rings. The fourth-order valence-corrected chi connectivity index (χ4v) is 30.5. The van der Waals surface area contributed by atoms with E-state index in [-0.39, 0.29) is 0 Å². The maximum absolute atomic E-state index is 6.51. The fraction of sp³-hybridized carbons (Fsp3) is 0.923. The minimum Gasteiger partial charge on any atom is -0.421 e. The summed E-state index contributed by atoms with van der Waals surface area (Å²) >= 11 is 0. The first-order valence-corrected chi connectivity index (χ1v) is 24.1. The Balaban J connectivity index is 1.52. The number of hydrogen-bond acceptors (Lipinski definition) is 6. The van der Waals surface area contributed by atoms with Crippen LogP contribution in [-0.4, -0.2) is 76.4 Å².